The topological polar surface area (TPSA) is 21.3 Å². The molecule has 0 aliphatic carbocycles. The number of hydrogen-bond acceptors (Lipinski definition) is 2. The molecular formula is C46H30N2O. The zero-order chi connectivity index (χ0) is 32.3. The number of aromatic nitrogens is 1. The number of benzene rings is 8. The molecule has 0 bridgehead atoms. The van der Waals surface area contributed by atoms with E-state index in [0.29, 0.717) is 0 Å². The molecule has 0 aliphatic heterocycles. The van der Waals surface area contributed by atoms with Crippen LogP contribution < -0.4 is 4.90 Å². The van der Waals surface area contributed by atoms with Crippen LogP contribution in [0.15, 0.2) is 186 Å². The fourth-order valence-corrected chi connectivity index (χ4v) is 7.65. The van der Waals surface area contributed by atoms with Crippen LogP contribution >= 0.6 is 0 Å². The molecule has 0 N–H and O–H groups in total. The number of anilines is 3. The summed E-state index contributed by atoms with van der Waals surface area (Å²) in [6.45, 7) is 0. The fourth-order valence-electron chi connectivity index (χ4n) is 7.65. The number of para-hydroxylation sites is 4. The summed E-state index contributed by atoms with van der Waals surface area (Å²) in [6.07, 6.45) is 0. The Morgan fingerprint density at radius 2 is 1.00 bits per heavy atom. The molecular weight excluding hydrogens is 597 g/mol. The predicted octanol–water partition coefficient (Wildman–Crippen LogP) is 13.0. The molecule has 2 aromatic heterocycles. The van der Waals surface area contributed by atoms with E-state index in [1.807, 2.05) is 0 Å². The van der Waals surface area contributed by atoms with Gasteiger partial charge in [0.2, 0.25) is 0 Å². The van der Waals surface area contributed by atoms with Gasteiger partial charge in [-0.25, -0.2) is 0 Å². The third-order valence-corrected chi connectivity index (χ3v) is 9.77. The molecule has 0 atom stereocenters. The molecule has 10 rings (SSSR count). The van der Waals surface area contributed by atoms with Gasteiger partial charge in [-0.15, -0.1) is 0 Å². The van der Waals surface area contributed by atoms with Gasteiger partial charge >= 0.3 is 0 Å². The van der Waals surface area contributed by atoms with Crippen LogP contribution in [0.2, 0.25) is 0 Å². The Kier molecular flexibility index (Phi) is 6.18. The minimum Gasteiger partial charge on any atom is -0.453 e. The van der Waals surface area contributed by atoms with Crippen LogP contribution in [-0.2, 0) is 0 Å². The maximum absolute atomic E-state index is 6.99. The molecule has 3 nitrogen and oxygen atoms in total. The minimum absolute atomic E-state index is 0.862. The van der Waals surface area contributed by atoms with E-state index in [-0.39, 0.29) is 0 Å². The molecule has 0 spiro atoms. The number of nitrogens with zero attached hydrogens (tertiary/aromatic N) is 2. The van der Waals surface area contributed by atoms with Crippen LogP contribution in [0, 0.1) is 0 Å². The average molecular weight is 627 g/mol. The van der Waals surface area contributed by atoms with E-state index >= 15 is 0 Å². The maximum Gasteiger partial charge on any atom is 0.159 e. The largest absolute Gasteiger partial charge is 0.453 e. The SMILES string of the molecule is c1ccc(-c2ccccc2N(c2cccc3c2oc2c4ccccc4ccc32)c2cccc3c2c2ccccc2n3-c2ccccc2)cc1. The monoisotopic (exact) mass is 626 g/mol. The summed E-state index contributed by atoms with van der Waals surface area (Å²) >= 11 is 0. The first-order valence-corrected chi connectivity index (χ1v) is 16.7. The second kappa shape index (κ2) is 11.0. The van der Waals surface area contributed by atoms with Crippen LogP contribution in [0.3, 0.4) is 0 Å². The normalized spacial score (nSPS) is 11.7. The highest BCUT2D eigenvalue weighted by molar-refractivity contribution is 6.20. The van der Waals surface area contributed by atoms with E-state index in [9.17, 15) is 0 Å². The van der Waals surface area contributed by atoms with E-state index in [0.717, 1.165) is 66.7 Å². The van der Waals surface area contributed by atoms with Crippen molar-refractivity contribution in [2.45, 2.75) is 0 Å². The number of rotatable bonds is 5. The molecule has 0 amide bonds. The van der Waals surface area contributed by atoms with Gasteiger partial charge in [0.25, 0.3) is 0 Å². The fraction of sp³-hybridized carbons (Fsp3) is 0. The molecule has 0 unspecified atom stereocenters. The van der Waals surface area contributed by atoms with E-state index < -0.39 is 0 Å². The number of fused-ring (bicyclic) bond motifs is 8. The zero-order valence-corrected chi connectivity index (χ0v) is 26.6. The average Bonchev–Trinajstić information content (AvgIpc) is 3.73. The van der Waals surface area contributed by atoms with E-state index in [1.54, 1.807) is 0 Å². The Hall–Kier alpha value is -6.58. The highest BCUT2D eigenvalue weighted by Crippen LogP contribution is 2.49. The van der Waals surface area contributed by atoms with Crippen molar-refractivity contribution in [3.8, 4) is 16.8 Å². The Bertz CT molecular complexity index is 2830. The first-order chi connectivity index (χ1) is 24.3. The van der Waals surface area contributed by atoms with Crippen molar-refractivity contribution in [1.29, 1.82) is 0 Å². The van der Waals surface area contributed by atoms with Gasteiger partial charge in [-0.05, 0) is 59.5 Å². The second-order valence-corrected chi connectivity index (χ2v) is 12.5. The molecule has 0 saturated carbocycles. The highest BCUT2D eigenvalue weighted by atomic mass is 16.3. The minimum atomic E-state index is 0.862. The van der Waals surface area contributed by atoms with Crippen molar-refractivity contribution >= 4 is 71.6 Å². The Morgan fingerprint density at radius 3 is 1.88 bits per heavy atom. The molecule has 0 radical (unpaired) electrons. The molecule has 0 fully saturated rings. The first kappa shape index (κ1) is 27.5. The molecule has 8 aromatic carbocycles. The smallest absolute Gasteiger partial charge is 0.159 e. The zero-order valence-electron chi connectivity index (χ0n) is 26.6. The van der Waals surface area contributed by atoms with Gasteiger partial charge in [0.1, 0.15) is 5.58 Å². The molecule has 49 heavy (non-hydrogen) atoms. The van der Waals surface area contributed by atoms with Gasteiger partial charge in [0.15, 0.2) is 5.58 Å². The third kappa shape index (κ3) is 4.23. The molecule has 3 heteroatoms. The summed E-state index contributed by atoms with van der Waals surface area (Å²) in [5, 5.41) is 6.88. The Labute approximate surface area is 283 Å². The van der Waals surface area contributed by atoms with E-state index in [1.165, 1.54) is 21.7 Å². The summed E-state index contributed by atoms with van der Waals surface area (Å²) in [5.41, 5.74) is 10.7. The van der Waals surface area contributed by atoms with Crippen LogP contribution in [0.4, 0.5) is 17.1 Å². The predicted molar refractivity (Wildman–Crippen MR) is 206 cm³/mol. The molecule has 230 valence electrons. The van der Waals surface area contributed by atoms with Crippen LogP contribution in [-0.4, -0.2) is 4.57 Å². The van der Waals surface area contributed by atoms with Crippen LogP contribution in [0.5, 0.6) is 0 Å². The summed E-state index contributed by atoms with van der Waals surface area (Å²) < 4.78 is 9.37. The lowest BCUT2D eigenvalue weighted by Gasteiger charge is -2.28. The van der Waals surface area contributed by atoms with E-state index in [4.69, 9.17) is 4.42 Å². The van der Waals surface area contributed by atoms with Crippen LogP contribution in [0.25, 0.3) is 71.3 Å². The van der Waals surface area contributed by atoms with Gasteiger partial charge < -0.3 is 13.9 Å². The van der Waals surface area contributed by atoms with Gasteiger partial charge in [-0.1, -0.05) is 133 Å². The summed E-state index contributed by atoms with van der Waals surface area (Å²) in [6, 6.07) is 64.8. The van der Waals surface area contributed by atoms with Crippen LogP contribution in [0.1, 0.15) is 0 Å². The number of hydrogen-bond donors (Lipinski definition) is 0. The second-order valence-electron chi connectivity index (χ2n) is 12.5. The Balaban J connectivity index is 1.35. The summed E-state index contributed by atoms with van der Waals surface area (Å²) in [5.74, 6) is 0. The number of furan rings is 1. The molecule has 0 saturated heterocycles. The summed E-state index contributed by atoms with van der Waals surface area (Å²) in [4.78, 5) is 2.42. The van der Waals surface area contributed by atoms with Gasteiger partial charge in [0.05, 0.1) is 28.1 Å². The Morgan fingerprint density at radius 1 is 0.388 bits per heavy atom. The van der Waals surface area contributed by atoms with Crippen molar-refractivity contribution < 1.29 is 4.42 Å². The van der Waals surface area contributed by atoms with Crippen molar-refractivity contribution in [3.05, 3.63) is 182 Å². The maximum atomic E-state index is 6.99. The molecule has 0 aliphatic rings. The lowest BCUT2D eigenvalue weighted by Crippen LogP contribution is -2.12. The third-order valence-electron chi connectivity index (χ3n) is 9.77. The molecule has 2 heterocycles. The van der Waals surface area contributed by atoms with Gasteiger partial charge in [-0.2, -0.15) is 0 Å². The van der Waals surface area contributed by atoms with Crippen molar-refractivity contribution in [1.82, 2.24) is 4.57 Å². The van der Waals surface area contributed by atoms with Crippen molar-refractivity contribution in [3.63, 3.8) is 0 Å². The molecule has 10 aromatic rings. The van der Waals surface area contributed by atoms with Crippen molar-refractivity contribution in [2.24, 2.45) is 0 Å². The van der Waals surface area contributed by atoms with Crippen molar-refractivity contribution in [2.75, 3.05) is 4.90 Å². The quantitative estimate of drug-likeness (QED) is 0.190. The van der Waals surface area contributed by atoms with E-state index in [2.05, 4.69) is 191 Å². The van der Waals surface area contributed by atoms with Gasteiger partial charge in [-0.3, -0.25) is 0 Å². The lowest BCUT2D eigenvalue weighted by atomic mass is 10.0. The standard InChI is InChI=1S/C46H30N2O/c1-3-15-31(16-4-1)34-20-9-11-24-39(34)48(43-28-13-23-36-37-30-29-32-17-7-8-21-35(32)45(37)49-46(36)43)42-27-14-26-41-44(42)38-22-10-12-25-40(38)47(41)33-18-5-2-6-19-33/h1-30H. The first-order valence-electron chi connectivity index (χ1n) is 16.7. The summed E-state index contributed by atoms with van der Waals surface area (Å²) in [7, 11) is 0. The highest BCUT2D eigenvalue weighted by Gasteiger charge is 2.26. The van der Waals surface area contributed by atoms with Gasteiger partial charge in [0, 0.05) is 38.2 Å². The lowest BCUT2D eigenvalue weighted by molar-refractivity contribution is 0.673.